The monoisotopic (exact) mass is 315 g/mol. The van der Waals surface area contributed by atoms with Crippen LogP contribution in [-0.2, 0) is 11.3 Å². The SMILES string of the molecule is O=C(O)C1CCCN(Cc2cccc(F)c2Br)C1. The number of hydrogen-bond acceptors (Lipinski definition) is 2. The summed E-state index contributed by atoms with van der Waals surface area (Å²) >= 11 is 3.23. The van der Waals surface area contributed by atoms with E-state index < -0.39 is 5.97 Å². The molecule has 2 rings (SSSR count). The van der Waals surface area contributed by atoms with Gasteiger partial charge in [0.2, 0.25) is 0 Å². The molecule has 1 fully saturated rings. The molecule has 1 aliphatic heterocycles. The van der Waals surface area contributed by atoms with Crippen LogP contribution in [0.15, 0.2) is 22.7 Å². The van der Waals surface area contributed by atoms with E-state index in [1.807, 2.05) is 6.07 Å². The maximum atomic E-state index is 13.4. The Balaban J connectivity index is 2.05. The van der Waals surface area contributed by atoms with Gasteiger partial charge in [-0.05, 0) is 46.9 Å². The predicted octanol–water partition coefficient (Wildman–Crippen LogP) is 2.88. The van der Waals surface area contributed by atoms with Crippen molar-refractivity contribution in [1.29, 1.82) is 0 Å². The minimum atomic E-state index is -0.738. The second-order valence-electron chi connectivity index (χ2n) is 4.63. The number of carboxylic acid groups (broad SMARTS) is 1. The Bertz CT molecular complexity index is 453. The Kier molecular flexibility index (Phi) is 4.35. The highest BCUT2D eigenvalue weighted by Crippen LogP contribution is 2.24. The van der Waals surface area contributed by atoms with Crippen LogP contribution in [0.5, 0.6) is 0 Å². The summed E-state index contributed by atoms with van der Waals surface area (Å²) < 4.78 is 13.9. The third-order valence-electron chi connectivity index (χ3n) is 3.28. The van der Waals surface area contributed by atoms with Gasteiger partial charge in [-0.15, -0.1) is 0 Å². The molecule has 0 spiro atoms. The van der Waals surface area contributed by atoms with Gasteiger partial charge in [0.1, 0.15) is 5.82 Å². The normalized spacial score (nSPS) is 20.9. The molecule has 0 aliphatic carbocycles. The maximum absolute atomic E-state index is 13.4. The molecule has 1 saturated heterocycles. The Morgan fingerprint density at radius 1 is 1.56 bits per heavy atom. The summed E-state index contributed by atoms with van der Waals surface area (Å²) in [5, 5.41) is 9.02. The zero-order valence-electron chi connectivity index (χ0n) is 9.90. The Morgan fingerprint density at radius 2 is 2.33 bits per heavy atom. The number of carboxylic acids is 1. The van der Waals surface area contributed by atoms with Gasteiger partial charge in [0.05, 0.1) is 10.4 Å². The highest BCUT2D eigenvalue weighted by Gasteiger charge is 2.25. The van der Waals surface area contributed by atoms with Crippen LogP contribution in [0, 0.1) is 11.7 Å². The lowest BCUT2D eigenvalue weighted by molar-refractivity contribution is -0.143. The van der Waals surface area contributed by atoms with Gasteiger partial charge in [0.15, 0.2) is 0 Å². The van der Waals surface area contributed by atoms with Gasteiger partial charge in [-0.2, -0.15) is 0 Å². The molecule has 0 amide bonds. The number of benzene rings is 1. The number of aliphatic carboxylic acids is 1. The van der Waals surface area contributed by atoms with Crippen LogP contribution in [0.3, 0.4) is 0 Å². The van der Waals surface area contributed by atoms with Crippen molar-refractivity contribution >= 4 is 21.9 Å². The Hall–Kier alpha value is -0.940. The van der Waals surface area contributed by atoms with Crippen LogP contribution in [0.1, 0.15) is 18.4 Å². The van der Waals surface area contributed by atoms with E-state index in [4.69, 9.17) is 5.11 Å². The van der Waals surface area contributed by atoms with Crippen molar-refractivity contribution in [2.75, 3.05) is 13.1 Å². The molecule has 1 N–H and O–H groups in total. The van der Waals surface area contributed by atoms with E-state index in [1.54, 1.807) is 6.07 Å². The fraction of sp³-hybridized carbons (Fsp3) is 0.462. The smallest absolute Gasteiger partial charge is 0.307 e. The average Bonchev–Trinajstić information content (AvgIpc) is 2.35. The first kappa shape index (κ1) is 13.5. The number of hydrogen-bond donors (Lipinski definition) is 1. The van der Waals surface area contributed by atoms with Crippen molar-refractivity contribution in [3.05, 3.63) is 34.1 Å². The molecule has 1 aromatic rings. The van der Waals surface area contributed by atoms with E-state index in [2.05, 4.69) is 20.8 Å². The van der Waals surface area contributed by atoms with E-state index in [-0.39, 0.29) is 11.7 Å². The minimum Gasteiger partial charge on any atom is -0.481 e. The molecule has 0 aromatic heterocycles. The van der Waals surface area contributed by atoms with Crippen LogP contribution in [-0.4, -0.2) is 29.1 Å². The molecule has 1 heterocycles. The molecule has 1 atom stereocenters. The molecule has 1 aliphatic rings. The molecule has 0 bridgehead atoms. The molecular formula is C13H15BrFNO2. The van der Waals surface area contributed by atoms with Crippen LogP contribution in [0.25, 0.3) is 0 Å². The van der Waals surface area contributed by atoms with Crippen molar-refractivity contribution < 1.29 is 14.3 Å². The van der Waals surface area contributed by atoms with Crippen molar-refractivity contribution in [2.24, 2.45) is 5.92 Å². The number of halogens is 2. The number of piperidine rings is 1. The fourth-order valence-corrected chi connectivity index (χ4v) is 2.70. The van der Waals surface area contributed by atoms with Gasteiger partial charge in [-0.3, -0.25) is 9.69 Å². The van der Waals surface area contributed by atoms with E-state index in [1.165, 1.54) is 6.07 Å². The van der Waals surface area contributed by atoms with Crippen molar-refractivity contribution in [3.8, 4) is 0 Å². The average molecular weight is 316 g/mol. The highest BCUT2D eigenvalue weighted by atomic mass is 79.9. The van der Waals surface area contributed by atoms with Gasteiger partial charge in [-0.25, -0.2) is 4.39 Å². The summed E-state index contributed by atoms with van der Waals surface area (Å²) in [6, 6.07) is 4.94. The minimum absolute atomic E-state index is 0.278. The molecule has 1 unspecified atom stereocenters. The third kappa shape index (κ3) is 3.09. The van der Waals surface area contributed by atoms with Crippen LogP contribution >= 0.6 is 15.9 Å². The summed E-state index contributed by atoms with van der Waals surface area (Å²) in [5.41, 5.74) is 0.862. The molecule has 1 aromatic carbocycles. The first-order valence-corrected chi connectivity index (χ1v) is 6.75. The first-order chi connectivity index (χ1) is 8.58. The number of likely N-dealkylation sites (tertiary alicyclic amines) is 1. The quantitative estimate of drug-likeness (QED) is 0.932. The number of carbonyl (C=O) groups is 1. The molecule has 3 nitrogen and oxygen atoms in total. The second kappa shape index (κ2) is 5.80. The Labute approximate surface area is 114 Å². The van der Waals surface area contributed by atoms with E-state index in [0.717, 1.165) is 24.9 Å². The largest absolute Gasteiger partial charge is 0.481 e. The fourth-order valence-electron chi connectivity index (χ4n) is 2.31. The predicted molar refractivity (Wildman–Crippen MR) is 69.7 cm³/mol. The lowest BCUT2D eigenvalue weighted by atomic mass is 9.98. The molecule has 0 radical (unpaired) electrons. The zero-order valence-corrected chi connectivity index (χ0v) is 11.5. The summed E-state index contributed by atoms with van der Waals surface area (Å²) in [6.07, 6.45) is 1.61. The summed E-state index contributed by atoms with van der Waals surface area (Å²) in [6.45, 7) is 1.99. The van der Waals surface area contributed by atoms with Gasteiger partial charge >= 0.3 is 5.97 Å². The topological polar surface area (TPSA) is 40.5 Å². The number of nitrogens with zero attached hydrogens (tertiary/aromatic N) is 1. The second-order valence-corrected chi connectivity index (χ2v) is 5.42. The first-order valence-electron chi connectivity index (χ1n) is 5.96. The highest BCUT2D eigenvalue weighted by molar-refractivity contribution is 9.10. The lowest BCUT2D eigenvalue weighted by Crippen LogP contribution is -2.38. The van der Waals surface area contributed by atoms with Crippen molar-refractivity contribution in [1.82, 2.24) is 4.90 Å². The Morgan fingerprint density at radius 3 is 3.06 bits per heavy atom. The van der Waals surface area contributed by atoms with Crippen molar-refractivity contribution in [2.45, 2.75) is 19.4 Å². The zero-order chi connectivity index (χ0) is 13.1. The van der Waals surface area contributed by atoms with Crippen LogP contribution in [0.4, 0.5) is 4.39 Å². The van der Waals surface area contributed by atoms with Crippen molar-refractivity contribution in [3.63, 3.8) is 0 Å². The van der Waals surface area contributed by atoms with E-state index >= 15 is 0 Å². The summed E-state index contributed by atoms with van der Waals surface area (Å²) in [7, 11) is 0. The number of rotatable bonds is 3. The van der Waals surface area contributed by atoms with E-state index in [9.17, 15) is 9.18 Å². The van der Waals surface area contributed by atoms with Crippen LogP contribution < -0.4 is 0 Å². The van der Waals surface area contributed by atoms with Gasteiger partial charge < -0.3 is 5.11 Å². The summed E-state index contributed by atoms with van der Waals surface area (Å²) in [5.74, 6) is -1.32. The molecule has 0 saturated carbocycles. The standard InChI is InChI=1S/C13H15BrFNO2/c14-12-9(3-1-5-11(12)15)7-16-6-2-4-10(8-16)13(17)18/h1,3,5,10H,2,4,6-8H2,(H,17,18). The van der Waals surface area contributed by atoms with Gasteiger partial charge in [0, 0.05) is 13.1 Å². The van der Waals surface area contributed by atoms with Crippen LogP contribution in [0.2, 0.25) is 0 Å². The lowest BCUT2D eigenvalue weighted by Gasteiger charge is -2.30. The van der Waals surface area contributed by atoms with Gasteiger partial charge in [-0.1, -0.05) is 12.1 Å². The van der Waals surface area contributed by atoms with Gasteiger partial charge in [0.25, 0.3) is 0 Å². The third-order valence-corrected chi connectivity index (χ3v) is 4.17. The van der Waals surface area contributed by atoms with E-state index in [0.29, 0.717) is 17.6 Å². The molecule has 5 heteroatoms. The summed E-state index contributed by atoms with van der Waals surface area (Å²) in [4.78, 5) is 13.0. The maximum Gasteiger partial charge on any atom is 0.307 e. The molecule has 18 heavy (non-hydrogen) atoms. The molecule has 98 valence electrons. The molecular weight excluding hydrogens is 301 g/mol.